The lowest BCUT2D eigenvalue weighted by atomic mass is 9.96. The second-order valence-corrected chi connectivity index (χ2v) is 18.6. The predicted molar refractivity (Wildman–Crippen MR) is 281 cm³/mol. The molecule has 0 spiro atoms. The number of amides is 4. The summed E-state index contributed by atoms with van der Waals surface area (Å²) in [6.45, 7) is 7.09. The third-order valence-corrected chi connectivity index (χ3v) is 13.6. The molecule has 78 heavy (non-hydrogen) atoms. The molecule has 10 rings (SSSR count). The molecular weight excluding hydrogens is 1000 g/mol. The first-order chi connectivity index (χ1) is 37.5. The number of fused-ring (bicyclic) bond motifs is 4. The Hall–Kier alpha value is -10.0. The van der Waals surface area contributed by atoms with Crippen LogP contribution in [0.2, 0.25) is 0 Å². The number of aromatic nitrogens is 6. The zero-order chi connectivity index (χ0) is 55.4. The molecule has 394 valence electrons. The number of nitrogens with two attached hydrogens (primary N) is 1. The van der Waals surface area contributed by atoms with Crippen molar-refractivity contribution >= 4 is 58.1 Å². The van der Waals surface area contributed by atoms with Gasteiger partial charge in [0, 0.05) is 42.4 Å². The van der Waals surface area contributed by atoms with Gasteiger partial charge in [0.05, 0.1) is 30.2 Å². The maximum atomic E-state index is 14.6. The molecule has 0 unspecified atom stereocenters. The first-order valence-corrected chi connectivity index (χ1v) is 24.6. The monoisotopic (exact) mass is 1050 g/mol. The molecule has 22 heteroatoms. The molecule has 20 nitrogen and oxygen atoms in total. The highest BCUT2D eigenvalue weighted by Crippen LogP contribution is 2.36. The van der Waals surface area contributed by atoms with Crippen molar-refractivity contribution < 1.29 is 37.5 Å². The van der Waals surface area contributed by atoms with E-state index < -0.39 is 29.4 Å². The van der Waals surface area contributed by atoms with Gasteiger partial charge in [0.15, 0.2) is 34.9 Å². The minimum atomic E-state index is -0.786. The van der Waals surface area contributed by atoms with Gasteiger partial charge in [0.1, 0.15) is 28.6 Å². The lowest BCUT2D eigenvalue weighted by Crippen LogP contribution is -2.30. The molecule has 8 aromatic rings. The van der Waals surface area contributed by atoms with Crippen LogP contribution < -0.4 is 32.3 Å². The first-order valence-electron chi connectivity index (χ1n) is 24.6. The van der Waals surface area contributed by atoms with Gasteiger partial charge < -0.3 is 27.0 Å². The van der Waals surface area contributed by atoms with Crippen molar-refractivity contribution in [3.05, 3.63) is 193 Å². The van der Waals surface area contributed by atoms with Crippen LogP contribution in [0.4, 0.5) is 14.5 Å². The number of guanidine groups is 1. The number of carbonyl (C=O) groups is 6. The lowest BCUT2D eigenvalue weighted by molar-refractivity contribution is 0.0916. The number of aliphatic imine (C=N–C) groups is 1. The molecule has 0 fully saturated rings. The average molecular weight is 1050 g/mol. The summed E-state index contributed by atoms with van der Waals surface area (Å²) in [7, 11) is 0. The average Bonchev–Trinajstić information content (AvgIpc) is 4.35. The van der Waals surface area contributed by atoms with E-state index in [0.717, 1.165) is 50.5 Å². The third-order valence-electron chi connectivity index (χ3n) is 13.6. The fourth-order valence-electron chi connectivity index (χ4n) is 9.85. The Morgan fingerprint density at radius 3 is 1.81 bits per heavy atom. The maximum absolute atomic E-state index is 14.6. The summed E-state index contributed by atoms with van der Waals surface area (Å²) in [5, 5.41) is 30.5. The van der Waals surface area contributed by atoms with Gasteiger partial charge in [0.2, 0.25) is 5.96 Å². The second kappa shape index (κ2) is 22.4. The number of carbonyl (C=O) groups excluding carboxylic acids is 6. The van der Waals surface area contributed by atoms with Crippen molar-refractivity contribution in [1.29, 1.82) is 5.26 Å². The highest BCUT2D eigenvalue weighted by molar-refractivity contribution is 6.00. The van der Waals surface area contributed by atoms with Crippen LogP contribution in [0.1, 0.15) is 146 Å². The van der Waals surface area contributed by atoms with E-state index in [-0.39, 0.29) is 76.9 Å². The first kappa shape index (κ1) is 52.8. The van der Waals surface area contributed by atoms with Crippen LogP contribution in [0.5, 0.6) is 0 Å². The highest BCUT2D eigenvalue weighted by Gasteiger charge is 2.31. The van der Waals surface area contributed by atoms with Crippen molar-refractivity contribution in [2.75, 3.05) is 0 Å². The van der Waals surface area contributed by atoms with Crippen molar-refractivity contribution in [2.24, 2.45) is 10.7 Å². The topological polar surface area (TPSA) is 285 Å². The molecule has 0 saturated heterocycles. The number of hydrogen-bond acceptors (Lipinski definition) is 12. The van der Waals surface area contributed by atoms with Gasteiger partial charge in [-0.15, -0.1) is 0 Å². The van der Waals surface area contributed by atoms with E-state index in [2.05, 4.69) is 51.7 Å². The molecule has 0 aliphatic heterocycles. The Morgan fingerprint density at radius 2 is 1.24 bits per heavy atom. The number of halogens is 2. The Kier molecular flexibility index (Phi) is 15.2. The van der Waals surface area contributed by atoms with Gasteiger partial charge in [0.25, 0.3) is 23.6 Å². The zero-order valence-electron chi connectivity index (χ0n) is 42.6. The lowest BCUT2D eigenvalue weighted by Gasteiger charge is -2.16. The number of benzene rings is 4. The number of ketones is 2. The Balaban J connectivity index is 0.000000192. The molecule has 7 N–H and O–H groups in total. The van der Waals surface area contributed by atoms with E-state index in [4.69, 9.17) is 11.0 Å². The van der Waals surface area contributed by atoms with Crippen LogP contribution in [0.3, 0.4) is 0 Å². The van der Waals surface area contributed by atoms with Crippen molar-refractivity contribution in [2.45, 2.75) is 78.6 Å². The smallest absolute Gasteiger partial charge is 0.270 e. The molecule has 2 atom stereocenters. The van der Waals surface area contributed by atoms with E-state index in [1.165, 1.54) is 41.9 Å². The van der Waals surface area contributed by atoms with Gasteiger partial charge in [-0.1, -0.05) is 48.5 Å². The number of Topliss-reactive ketones (excluding diaryl/α,β-unsaturated/α-hetero) is 2. The van der Waals surface area contributed by atoms with Crippen LogP contribution in [0, 0.1) is 36.9 Å². The normalized spacial score (nSPS) is 14.3. The summed E-state index contributed by atoms with van der Waals surface area (Å²) in [6.07, 6.45) is 6.89. The fourth-order valence-corrected chi connectivity index (χ4v) is 9.85. The van der Waals surface area contributed by atoms with Crippen molar-refractivity contribution in [3.63, 3.8) is 0 Å². The Morgan fingerprint density at radius 1 is 0.692 bits per heavy atom. The number of nitrogens with zero attached hydrogens (tertiary/aromatic N) is 8. The molecule has 2 aliphatic carbocycles. The molecule has 2 aliphatic rings. The molecule has 4 heterocycles. The van der Waals surface area contributed by atoms with E-state index >= 15 is 0 Å². The standard InChI is InChI=1S/C29H26FN9O3.C27H24FN5O3/c1-15-19(16(2)40)6-7-21-20(15)8-9-23(21)38-28(42)25-11-24(37-26-22(30)13-35-39(25)26)27(41)33-12-17-4-3-5-18(10-17)36-29(32)34-14-31;1-15-19(16(2)34)6-7-21-20(15)8-9-22(21)32-27(36)24-13-23(31-25-10-11-30-33(24)25)26(35)29-14-17-4-3-5-18(28)12-17/h3-7,10-11,13,23H,8-9,12H2,1-2H3,(H,33,41)(H,38,42)(H3,32,34,36);3-7,10-13,22H,8-9,14H2,1-2H3,(H,29,35)(H,32,36)/t23-;22-/m00/s1. The van der Waals surface area contributed by atoms with Crippen LogP contribution in [-0.4, -0.2) is 70.4 Å². The number of rotatable bonds is 13. The highest BCUT2D eigenvalue weighted by atomic mass is 19.1. The number of nitriles is 1. The molecule has 0 bridgehead atoms. The SMILES string of the molecule is CC(=O)c1ccc2c(c1C)CC[C@@H]2NC(=O)c1cc(C(=O)NCc2cccc(F)c2)nc2ccnn12.CC(=O)c1ccc2c(c1C)CC[C@@H]2NC(=O)c1cc(C(=O)NCc2cccc(N=C(N)NC#N)c2)nc2c(F)cnn12. The largest absolute Gasteiger partial charge is 0.369 e. The molecule has 0 radical (unpaired) electrons. The quantitative estimate of drug-likeness (QED) is 0.0238. The van der Waals surface area contributed by atoms with Gasteiger partial charge in [-0.25, -0.2) is 32.8 Å². The Labute approximate surface area is 444 Å². The van der Waals surface area contributed by atoms with Gasteiger partial charge in [-0.3, -0.25) is 34.1 Å². The van der Waals surface area contributed by atoms with E-state index in [0.29, 0.717) is 52.9 Å². The number of hydrogen-bond donors (Lipinski definition) is 6. The summed E-state index contributed by atoms with van der Waals surface area (Å²) in [5.41, 5.74) is 14.6. The predicted octanol–water partition coefficient (Wildman–Crippen LogP) is 6.47. The molecule has 4 aromatic heterocycles. The van der Waals surface area contributed by atoms with Gasteiger partial charge in [-0.2, -0.15) is 15.5 Å². The van der Waals surface area contributed by atoms with Crippen LogP contribution >= 0.6 is 0 Å². The van der Waals surface area contributed by atoms with Crippen molar-refractivity contribution in [3.8, 4) is 6.19 Å². The zero-order valence-corrected chi connectivity index (χ0v) is 42.6. The van der Waals surface area contributed by atoms with E-state index in [1.807, 2.05) is 26.0 Å². The van der Waals surface area contributed by atoms with Crippen LogP contribution in [-0.2, 0) is 25.9 Å². The van der Waals surface area contributed by atoms with E-state index in [9.17, 15) is 37.5 Å². The molecule has 4 amide bonds. The second-order valence-electron chi connectivity index (χ2n) is 18.6. The van der Waals surface area contributed by atoms with Crippen LogP contribution in [0.15, 0.2) is 108 Å². The van der Waals surface area contributed by atoms with Crippen molar-refractivity contribution in [1.82, 2.24) is 55.8 Å². The van der Waals surface area contributed by atoms with Gasteiger partial charge in [-0.05, 0) is 122 Å². The Bertz CT molecular complexity index is 3840. The van der Waals surface area contributed by atoms with Crippen LogP contribution in [0.25, 0.3) is 11.3 Å². The van der Waals surface area contributed by atoms with Gasteiger partial charge >= 0.3 is 0 Å². The summed E-state index contributed by atoms with van der Waals surface area (Å²) in [4.78, 5) is 89.0. The minimum Gasteiger partial charge on any atom is -0.369 e. The molecule has 4 aromatic carbocycles. The third kappa shape index (κ3) is 11.2. The van der Waals surface area contributed by atoms with E-state index in [1.54, 1.807) is 67.7 Å². The fraction of sp³-hybridized carbons (Fsp3) is 0.214. The molecule has 0 saturated carbocycles. The summed E-state index contributed by atoms with van der Waals surface area (Å²) >= 11 is 0. The molecular formula is C56H50F2N14O6. The summed E-state index contributed by atoms with van der Waals surface area (Å²) < 4.78 is 30.4. The maximum Gasteiger partial charge on any atom is 0.270 e. The number of nitrogens with one attached hydrogen (secondary N) is 5. The minimum absolute atomic E-state index is 0.0175. The summed E-state index contributed by atoms with van der Waals surface area (Å²) in [5.74, 6) is -3.33. The summed E-state index contributed by atoms with van der Waals surface area (Å²) in [6, 6.07) is 23.8.